The van der Waals surface area contributed by atoms with Crippen LogP contribution in [0.4, 0.5) is 18.3 Å². The summed E-state index contributed by atoms with van der Waals surface area (Å²) in [7, 11) is 0. The molecule has 148 valence electrons. The van der Waals surface area contributed by atoms with E-state index < -0.39 is 11.2 Å². The quantitative estimate of drug-likeness (QED) is 0.840. The minimum Gasteiger partial charge on any atom is -0.508 e. The van der Waals surface area contributed by atoms with Crippen LogP contribution in [0.25, 0.3) is 0 Å². The molecule has 1 aromatic carbocycles. The van der Waals surface area contributed by atoms with E-state index in [9.17, 15) is 18.3 Å². The van der Waals surface area contributed by atoms with Crippen LogP contribution in [-0.4, -0.2) is 46.4 Å². The molecule has 27 heavy (non-hydrogen) atoms. The highest BCUT2D eigenvalue weighted by atomic mass is 32.1. The van der Waals surface area contributed by atoms with Gasteiger partial charge in [-0.3, -0.25) is 4.90 Å². The predicted octanol–water partition coefficient (Wildman–Crippen LogP) is 4.02. The number of hydrogen-bond acceptors (Lipinski definition) is 6. The van der Waals surface area contributed by atoms with Gasteiger partial charge in [-0.15, -0.1) is 10.2 Å². The van der Waals surface area contributed by atoms with Crippen molar-refractivity contribution in [1.29, 1.82) is 0 Å². The van der Waals surface area contributed by atoms with Crippen LogP contribution in [0, 0.1) is 6.92 Å². The fourth-order valence-corrected chi connectivity index (χ4v) is 4.06. The van der Waals surface area contributed by atoms with Crippen LogP contribution in [0.15, 0.2) is 12.1 Å². The lowest BCUT2D eigenvalue weighted by Gasteiger charge is -2.34. The van der Waals surface area contributed by atoms with Gasteiger partial charge in [0.25, 0.3) is 0 Å². The first kappa shape index (κ1) is 19.9. The summed E-state index contributed by atoms with van der Waals surface area (Å²) in [5.74, 6) is 0.666. The number of aromatic hydroxyl groups is 1. The molecule has 0 atom stereocenters. The van der Waals surface area contributed by atoms with Crippen molar-refractivity contribution in [3.8, 4) is 5.75 Å². The van der Waals surface area contributed by atoms with Crippen molar-refractivity contribution in [1.82, 2.24) is 15.1 Å². The molecule has 3 rings (SSSR count). The van der Waals surface area contributed by atoms with Crippen LogP contribution < -0.4 is 4.90 Å². The van der Waals surface area contributed by atoms with E-state index in [1.165, 1.54) is 5.56 Å². The van der Waals surface area contributed by atoms with Gasteiger partial charge in [0.05, 0.1) is 0 Å². The zero-order valence-corrected chi connectivity index (χ0v) is 16.4. The van der Waals surface area contributed by atoms with Crippen LogP contribution in [0.2, 0.25) is 0 Å². The molecular weight excluding hydrogens is 377 g/mol. The average molecular weight is 400 g/mol. The average Bonchev–Trinajstić information content (AvgIpc) is 3.08. The zero-order valence-electron chi connectivity index (χ0n) is 15.5. The Morgan fingerprint density at radius 1 is 1.15 bits per heavy atom. The molecule has 0 amide bonds. The van der Waals surface area contributed by atoms with Gasteiger partial charge in [-0.2, -0.15) is 13.2 Å². The van der Waals surface area contributed by atoms with E-state index >= 15 is 0 Å². The number of aryl methyl sites for hydroxylation is 1. The summed E-state index contributed by atoms with van der Waals surface area (Å²) in [5.41, 5.74) is 3.18. The Kier molecular flexibility index (Phi) is 5.62. The Labute approximate surface area is 160 Å². The molecule has 1 aliphatic rings. The lowest BCUT2D eigenvalue weighted by Crippen LogP contribution is -2.46. The summed E-state index contributed by atoms with van der Waals surface area (Å²) < 4.78 is 38.1. The molecule has 1 N–H and O–H groups in total. The van der Waals surface area contributed by atoms with Crippen LogP contribution in [-0.2, 0) is 12.7 Å². The Balaban J connectivity index is 1.63. The minimum atomic E-state index is -4.45. The van der Waals surface area contributed by atoms with E-state index in [0.717, 1.165) is 11.1 Å². The second-order valence-corrected chi connectivity index (χ2v) is 8.10. The maximum absolute atomic E-state index is 12.7. The number of phenolic OH excluding ortho intramolecular Hbond substituents is 1. The third-order valence-corrected chi connectivity index (χ3v) is 5.81. The van der Waals surface area contributed by atoms with E-state index in [2.05, 4.69) is 35.0 Å². The Hall–Kier alpha value is -1.87. The molecule has 0 saturated carbocycles. The number of rotatable bonds is 4. The van der Waals surface area contributed by atoms with Crippen molar-refractivity contribution in [3.63, 3.8) is 0 Å². The summed E-state index contributed by atoms with van der Waals surface area (Å²) in [6.07, 6.45) is -4.45. The topological polar surface area (TPSA) is 52.5 Å². The minimum absolute atomic E-state index is 0.290. The number of anilines is 1. The molecule has 0 spiro atoms. The molecule has 1 aliphatic heterocycles. The van der Waals surface area contributed by atoms with E-state index in [1.807, 2.05) is 11.8 Å². The van der Waals surface area contributed by atoms with Crippen LogP contribution >= 0.6 is 11.3 Å². The first-order valence-corrected chi connectivity index (χ1v) is 9.67. The number of benzene rings is 1. The van der Waals surface area contributed by atoms with E-state index in [-0.39, 0.29) is 0 Å². The van der Waals surface area contributed by atoms with Gasteiger partial charge < -0.3 is 10.0 Å². The van der Waals surface area contributed by atoms with E-state index in [0.29, 0.717) is 60.9 Å². The lowest BCUT2D eigenvalue weighted by atomic mass is 9.95. The highest BCUT2D eigenvalue weighted by Gasteiger charge is 2.36. The monoisotopic (exact) mass is 400 g/mol. The molecule has 0 radical (unpaired) electrons. The zero-order chi connectivity index (χ0) is 19.8. The summed E-state index contributed by atoms with van der Waals surface area (Å²) in [6.45, 7) is 9.39. The van der Waals surface area contributed by atoms with Crippen LogP contribution in [0.3, 0.4) is 0 Å². The van der Waals surface area contributed by atoms with Crippen molar-refractivity contribution < 1.29 is 18.3 Å². The van der Waals surface area contributed by atoms with Gasteiger partial charge >= 0.3 is 6.18 Å². The summed E-state index contributed by atoms with van der Waals surface area (Å²) >= 11 is 0.581. The fraction of sp³-hybridized carbons (Fsp3) is 0.556. The SMILES string of the molecule is Cc1cc(O)c(CN2CCN(c3nnc(C(F)(F)F)s3)CC2)cc1C(C)C. The Bertz CT molecular complexity index is 798. The second-order valence-electron chi connectivity index (χ2n) is 7.14. The highest BCUT2D eigenvalue weighted by molar-refractivity contribution is 7.15. The summed E-state index contributed by atoms with van der Waals surface area (Å²) in [5, 5.41) is 16.6. The van der Waals surface area contributed by atoms with Crippen LogP contribution in [0.5, 0.6) is 5.75 Å². The molecule has 2 aromatic rings. The number of piperazine rings is 1. The largest absolute Gasteiger partial charge is 0.508 e. The van der Waals surface area contributed by atoms with Crippen molar-refractivity contribution in [3.05, 3.63) is 33.8 Å². The van der Waals surface area contributed by atoms with Gasteiger partial charge in [0, 0.05) is 38.3 Å². The maximum Gasteiger partial charge on any atom is 0.445 e. The van der Waals surface area contributed by atoms with E-state index in [1.54, 1.807) is 6.07 Å². The van der Waals surface area contributed by atoms with Crippen molar-refractivity contribution in [2.75, 3.05) is 31.1 Å². The number of aromatic nitrogens is 2. The summed E-state index contributed by atoms with van der Waals surface area (Å²) in [6, 6.07) is 3.86. The second kappa shape index (κ2) is 7.63. The standard InChI is InChI=1S/C18H23F3N4OS/c1-11(2)14-9-13(15(26)8-12(14)3)10-24-4-6-25(7-5-24)17-23-22-16(27-17)18(19,20)21/h8-9,11,26H,4-7,10H2,1-3H3. The van der Waals surface area contributed by atoms with Crippen LogP contribution in [0.1, 0.15) is 41.5 Å². The molecule has 0 bridgehead atoms. The fourth-order valence-electron chi connectivity index (χ4n) is 3.30. The molecule has 1 saturated heterocycles. The molecule has 9 heteroatoms. The molecule has 1 fully saturated rings. The van der Waals surface area contributed by atoms with Gasteiger partial charge in [-0.05, 0) is 30.0 Å². The Morgan fingerprint density at radius 2 is 1.81 bits per heavy atom. The van der Waals surface area contributed by atoms with Gasteiger partial charge in [0.1, 0.15) is 5.75 Å². The molecule has 0 unspecified atom stereocenters. The first-order chi connectivity index (χ1) is 12.6. The predicted molar refractivity (Wildman–Crippen MR) is 99.3 cm³/mol. The number of halogens is 3. The normalized spacial score (nSPS) is 16.3. The first-order valence-electron chi connectivity index (χ1n) is 8.85. The molecule has 0 aliphatic carbocycles. The number of hydrogen-bond donors (Lipinski definition) is 1. The maximum atomic E-state index is 12.7. The highest BCUT2D eigenvalue weighted by Crippen LogP contribution is 2.34. The molecule has 1 aromatic heterocycles. The smallest absolute Gasteiger partial charge is 0.445 e. The number of alkyl halides is 3. The Morgan fingerprint density at radius 3 is 2.37 bits per heavy atom. The molecule has 2 heterocycles. The summed E-state index contributed by atoms with van der Waals surface area (Å²) in [4.78, 5) is 4.02. The van der Waals surface area contributed by atoms with Crippen molar-refractivity contribution >= 4 is 16.5 Å². The third kappa shape index (κ3) is 4.52. The third-order valence-electron chi connectivity index (χ3n) is 4.78. The van der Waals surface area contributed by atoms with Crippen molar-refractivity contribution in [2.45, 2.75) is 39.4 Å². The van der Waals surface area contributed by atoms with Gasteiger partial charge in [0.15, 0.2) is 0 Å². The number of nitrogens with zero attached hydrogens (tertiary/aromatic N) is 4. The van der Waals surface area contributed by atoms with Gasteiger partial charge in [0.2, 0.25) is 10.1 Å². The number of phenols is 1. The van der Waals surface area contributed by atoms with Gasteiger partial charge in [-0.1, -0.05) is 31.3 Å². The van der Waals surface area contributed by atoms with Crippen molar-refractivity contribution in [2.24, 2.45) is 0 Å². The molecular formula is C18H23F3N4OS. The van der Waals surface area contributed by atoms with Gasteiger partial charge in [-0.25, -0.2) is 0 Å². The lowest BCUT2D eigenvalue weighted by molar-refractivity contribution is -0.138. The van der Waals surface area contributed by atoms with E-state index in [4.69, 9.17) is 0 Å². The molecule has 5 nitrogen and oxygen atoms in total.